The van der Waals surface area contributed by atoms with Gasteiger partial charge in [-0.2, -0.15) is 0 Å². The highest BCUT2D eigenvalue weighted by Gasteiger charge is 2.34. The fraction of sp³-hybridized carbons (Fsp3) is 0.350. The smallest absolute Gasteiger partial charge is 0.164 e. The van der Waals surface area contributed by atoms with Crippen LogP contribution in [0.3, 0.4) is 0 Å². The Balaban J connectivity index is 1.36. The maximum atomic E-state index is 4.11. The van der Waals surface area contributed by atoms with E-state index in [0.717, 1.165) is 38.5 Å². The summed E-state index contributed by atoms with van der Waals surface area (Å²) < 4.78 is 1.76. The Kier molecular flexibility index (Phi) is 3.80. The van der Waals surface area contributed by atoms with Gasteiger partial charge in [-0.15, -0.1) is 5.10 Å². The van der Waals surface area contributed by atoms with Gasteiger partial charge in [-0.05, 0) is 32.7 Å². The van der Waals surface area contributed by atoms with E-state index in [0.29, 0.717) is 6.04 Å². The molecule has 3 aromatic rings. The summed E-state index contributed by atoms with van der Waals surface area (Å²) in [5, 5.41) is 11.8. The van der Waals surface area contributed by atoms with E-state index in [1.54, 1.807) is 4.68 Å². The molecule has 0 N–H and O–H groups in total. The minimum atomic E-state index is 0.376. The molecule has 6 nitrogen and oxygen atoms in total. The number of nitrogens with zero attached hydrogens (tertiary/aromatic N) is 6. The molecule has 0 amide bonds. The lowest BCUT2D eigenvalue weighted by molar-refractivity contribution is 0.103. The van der Waals surface area contributed by atoms with Crippen molar-refractivity contribution in [3.63, 3.8) is 0 Å². The summed E-state index contributed by atoms with van der Waals surface area (Å²) in [5.41, 5.74) is 5.67. The van der Waals surface area contributed by atoms with Crippen molar-refractivity contribution in [2.75, 3.05) is 26.2 Å². The van der Waals surface area contributed by atoms with Crippen LogP contribution in [0.15, 0.2) is 48.5 Å². The van der Waals surface area contributed by atoms with E-state index in [-0.39, 0.29) is 0 Å². The van der Waals surface area contributed by atoms with Crippen molar-refractivity contribution in [1.29, 1.82) is 0 Å². The highest BCUT2D eigenvalue weighted by atomic mass is 15.5. The summed E-state index contributed by atoms with van der Waals surface area (Å²) in [7, 11) is 1.90. The molecule has 2 heterocycles. The Morgan fingerprint density at radius 1 is 0.885 bits per heavy atom. The Morgan fingerprint density at radius 2 is 1.50 bits per heavy atom. The van der Waals surface area contributed by atoms with Crippen LogP contribution in [0.25, 0.3) is 11.1 Å². The van der Waals surface area contributed by atoms with Gasteiger partial charge in [-0.1, -0.05) is 48.5 Å². The highest BCUT2D eigenvalue weighted by molar-refractivity contribution is 5.78. The molecule has 0 saturated carbocycles. The van der Waals surface area contributed by atoms with Gasteiger partial charge in [0.15, 0.2) is 5.82 Å². The van der Waals surface area contributed by atoms with Crippen molar-refractivity contribution >= 4 is 0 Å². The fourth-order valence-corrected chi connectivity index (χ4v) is 4.28. The third-order valence-corrected chi connectivity index (χ3v) is 5.65. The SMILES string of the molecule is Cn1nnnc1CN1CCN(C2c3ccccc3-c3ccccc32)CC1. The summed E-state index contributed by atoms with van der Waals surface area (Å²) in [6.07, 6.45) is 0. The summed E-state index contributed by atoms with van der Waals surface area (Å²) >= 11 is 0. The molecular formula is C20H22N6. The molecule has 1 aromatic heterocycles. The second-order valence-corrected chi connectivity index (χ2v) is 7.11. The number of aromatic nitrogens is 4. The maximum absolute atomic E-state index is 4.11. The summed E-state index contributed by atoms with van der Waals surface area (Å²) in [6.45, 7) is 4.99. The van der Waals surface area contributed by atoms with Crippen molar-refractivity contribution in [2.45, 2.75) is 12.6 Å². The highest BCUT2D eigenvalue weighted by Crippen LogP contribution is 2.46. The fourth-order valence-electron chi connectivity index (χ4n) is 4.28. The van der Waals surface area contributed by atoms with Crippen LogP contribution in [0.1, 0.15) is 23.0 Å². The van der Waals surface area contributed by atoms with Crippen LogP contribution in [-0.4, -0.2) is 56.2 Å². The molecule has 1 aliphatic heterocycles. The predicted molar refractivity (Wildman–Crippen MR) is 99.4 cm³/mol. The van der Waals surface area contributed by atoms with E-state index in [2.05, 4.69) is 73.9 Å². The molecule has 0 radical (unpaired) electrons. The van der Waals surface area contributed by atoms with Crippen LogP contribution in [-0.2, 0) is 13.6 Å². The molecule has 2 aromatic carbocycles. The third kappa shape index (κ3) is 2.53. The average Bonchev–Trinajstić information content (AvgIpc) is 3.24. The van der Waals surface area contributed by atoms with Gasteiger partial charge in [0.1, 0.15) is 0 Å². The van der Waals surface area contributed by atoms with Crippen molar-refractivity contribution in [3.05, 3.63) is 65.5 Å². The molecule has 132 valence electrons. The van der Waals surface area contributed by atoms with Crippen molar-refractivity contribution in [1.82, 2.24) is 30.0 Å². The van der Waals surface area contributed by atoms with Crippen LogP contribution in [0.5, 0.6) is 0 Å². The quantitative estimate of drug-likeness (QED) is 0.727. The molecule has 1 saturated heterocycles. The van der Waals surface area contributed by atoms with Gasteiger partial charge >= 0.3 is 0 Å². The predicted octanol–water partition coefficient (Wildman–Crippen LogP) is 2.10. The topological polar surface area (TPSA) is 50.1 Å². The average molecular weight is 346 g/mol. The first kappa shape index (κ1) is 15.7. The molecule has 0 bridgehead atoms. The third-order valence-electron chi connectivity index (χ3n) is 5.65. The lowest BCUT2D eigenvalue weighted by Gasteiger charge is -2.38. The number of hydrogen-bond donors (Lipinski definition) is 0. The van der Waals surface area contributed by atoms with Gasteiger partial charge in [-0.25, -0.2) is 4.68 Å². The Bertz CT molecular complexity index is 880. The number of rotatable bonds is 3. The summed E-state index contributed by atoms with van der Waals surface area (Å²) in [5.74, 6) is 0.926. The second kappa shape index (κ2) is 6.30. The Labute approximate surface area is 153 Å². The molecule has 5 rings (SSSR count). The Morgan fingerprint density at radius 3 is 2.08 bits per heavy atom. The molecule has 1 fully saturated rings. The normalized spacial score (nSPS) is 18.0. The standard InChI is InChI=1S/C20H22N6/c1-24-19(21-22-23-24)14-25-10-12-26(13-11-25)20-17-8-4-2-6-15(17)16-7-3-5-9-18(16)20/h2-9,20H,10-14H2,1H3. The van der Waals surface area contributed by atoms with Gasteiger partial charge in [-0.3, -0.25) is 9.80 Å². The van der Waals surface area contributed by atoms with Crippen molar-refractivity contribution < 1.29 is 0 Å². The first-order valence-corrected chi connectivity index (χ1v) is 9.17. The number of hydrogen-bond acceptors (Lipinski definition) is 5. The van der Waals surface area contributed by atoms with E-state index in [9.17, 15) is 0 Å². The first-order chi connectivity index (χ1) is 12.8. The number of aryl methyl sites for hydroxylation is 1. The molecule has 6 heteroatoms. The number of fused-ring (bicyclic) bond motifs is 3. The van der Waals surface area contributed by atoms with Crippen LogP contribution in [0.4, 0.5) is 0 Å². The second-order valence-electron chi connectivity index (χ2n) is 7.11. The lowest BCUT2D eigenvalue weighted by Crippen LogP contribution is -2.47. The van der Waals surface area contributed by atoms with E-state index in [4.69, 9.17) is 0 Å². The van der Waals surface area contributed by atoms with E-state index >= 15 is 0 Å². The van der Waals surface area contributed by atoms with Crippen molar-refractivity contribution in [3.8, 4) is 11.1 Å². The number of benzene rings is 2. The molecule has 0 spiro atoms. The first-order valence-electron chi connectivity index (χ1n) is 9.17. The summed E-state index contributed by atoms with van der Waals surface area (Å²) in [6, 6.07) is 18.1. The van der Waals surface area contributed by atoms with E-state index in [1.165, 1.54) is 22.3 Å². The number of piperazine rings is 1. The minimum Gasteiger partial charge on any atom is -0.293 e. The van der Waals surface area contributed by atoms with Gasteiger partial charge in [0.25, 0.3) is 0 Å². The van der Waals surface area contributed by atoms with Crippen LogP contribution in [0, 0.1) is 0 Å². The molecule has 0 unspecified atom stereocenters. The van der Waals surface area contributed by atoms with Crippen LogP contribution in [0.2, 0.25) is 0 Å². The molecule has 0 atom stereocenters. The zero-order valence-corrected chi connectivity index (χ0v) is 14.9. The molecular weight excluding hydrogens is 324 g/mol. The van der Waals surface area contributed by atoms with Crippen LogP contribution < -0.4 is 0 Å². The largest absolute Gasteiger partial charge is 0.293 e. The lowest BCUT2D eigenvalue weighted by atomic mass is 10.0. The Hall–Kier alpha value is -2.57. The van der Waals surface area contributed by atoms with E-state index in [1.807, 2.05) is 7.05 Å². The zero-order chi connectivity index (χ0) is 17.5. The van der Waals surface area contributed by atoms with Crippen molar-refractivity contribution in [2.24, 2.45) is 7.05 Å². The molecule has 2 aliphatic rings. The minimum absolute atomic E-state index is 0.376. The monoisotopic (exact) mass is 346 g/mol. The van der Waals surface area contributed by atoms with Gasteiger partial charge in [0.05, 0.1) is 12.6 Å². The van der Waals surface area contributed by atoms with Gasteiger partial charge < -0.3 is 0 Å². The zero-order valence-electron chi connectivity index (χ0n) is 14.9. The number of tetrazole rings is 1. The van der Waals surface area contributed by atoms with Gasteiger partial charge in [0, 0.05) is 33.2 Å². The maximum Gasteiger partial charge on any atom is 0.164 e. The molecule has 26 heavy (non-hydrogen) atoms. The van der Waals surface area contributed by atoms with Crippen LogP contribution >= 0.6 is 0 Å². The molecule has 1 aliphatic carbocycles. The summed E-state index contributed by atoms with van der Waals surface area (Å²) in [4.78, 5) is 5.06. The van der Waals surface area contributed by atoms with E-state index < -0.39 is 0 Å². The van der Waals surface area contributed by atoms with Gasteiger partial charge in [0.2, 0.25) is 0 Å².